The van der Waals surface area contributed by atoms with Crippen molar-refractivity contribution in [2.24, 2.45) is 0 Å². The molecule has 0 bridgehead atoms. The van der Waals surface area contributed by atoms with Crippen LogP contribution in [0.5, 0.6) is 5.75 Å². The molecule has 0 radical (unpaired) electrons. The molecule has 8 heteroatoms. The molecular formula is C21H28ClN5O2. The van der Waals surface area contributed by atoms with E-state index < -0.39 is 6.10 Å². The minimum absolute atomic E-state index is 0. The highest BCUT2D eigenvalue weighted by Gasteiger charge is 2.10. The molecule has 0 saturated carbocycles. The summed E-state index contributed by atoms with van der Waals surface area (Å²) in [5.41, 5.74) is 3.29. The Morgan fingerprint density at radius 2 is 1.66 bits per heavy atom. The summed E-state index contributed by atoms with van der Waals surface area (Å²) in [5, 5.41) is 24.7. The summed E-state index contributed by atoms with van der Waals surface area (Å²) in [5.74, 6) is 1.27. The first kappa shape index (κ1) is 22.8. The van der Waals surface area contributed by atoms with E-state index in [-0.39, 0.29) is 25.1 Å². The maximum absolute atomic E-state index is 10.2. The number of rotatable bonds is 9. The number of aliphatic hydroxyl groups excluding tert-OH is 1. The van der Waals surface area contributed by atoms with Gasteiger partial charge in [-0.05, 0) is 58.7 Å². The maximum atomic E-state index is 10.2. The van der Waals surface area contributed by atoms with Gasteiger partial charge in [-0.25, -0.2) is 4.68 Å². The number of nitrogens with one attached hydrogen (secondary N) is 1. The second-order valence-corrected chi connectivity index (χ2v) is 7.16. The van der Waals surface area contributed by atoms with E-state index in [9.17, 15) is 5.11 Å². The average Bonchev–Trinajstić information content (AvgIpc) is 3.25. The highest BCUT2D eigenvalue weighted by Crippen LogP contribution is 2.19. The van der Waals surface area contributed by atoms with Crippen molar-refractivity contribution in [3.8, 4) is 11.4 Å². The van der Waals surface area contributed by atoms with Crippen molar-refractivity contribution in [3.63, 3.8) is 0 Å². The fourth-order valence-corrected chi connectivity index (χ4v) is 2.83. The number of aromatic nitrogens is 4. The van der Waals surface area contributed by atoms with E-state index >= 15 is 0 Å². The third kappa shape index (κ3) is 6.52. The van der Waals surface area contributed by atoms with Crippen LogP contribution >= 0.6 is 12.4 Å². The Morgan fingerprint density at radius 1 is 1.00 bits per heavy atom. The Hall–Kier alpha value is -2.48. The summed E-state index contributed by atoms with van der Waals surface area (Å²) in [4.78, 5) is 0. The van der Waals surface area contributed by atoms with Crippen molar-refractivity contribution in [2.75, 3.05) is 13.2 Å². The summed E-state index contributed by atoms with van der Waals surface area (Å²) in [7, 11) is 0. The van der Waals surface area contributed by atoms with Crippen LogP contribution in [0.4, 0.5) is 0 Å². The summed E-state index contributed by atoms with van der Waals surface area (Å²) in [6, 6.07) is 16.1. The normalized spacial score (nSPS) is 13.0. The predicted molar refractivity (Wildman–Crippen MR) is 115 cm³/mol. The second kappa shape index (κ2) is 10.9. The summed E-state index contributed by atoms with van der Waals surface area (Å²) in [6.45, 7) is 7.07. The molecule has 0 spiro atoms. The van der Waals surface area contributed by atoms with E-state index in [4.69, 9.17) is 4.74 Å². The van der Waals surface area contributed by atoms with Crippen LogP contribution in [0.15, 0.2) is 54.9 Å². The molecule has 7 nitrogen and oxygen atoms in total. The van der Waals surface area contributed by atoms with Crippen LogP contribution in [0.25, 0.3) is 5.69 Å². The Balaban J connectivity index is 0.00000300. The van der Waals surface area contributed by atoms with Gasteiger partial charge in [0.2, 0.25) is 0 Å². The first-order valence-corrected chi connectivity index (χ1v) is 9.50. The van der Waals surface area contributed by atoms with Crippen molar-refractivity contribution < 1.29 is 9.84 Å². The van der Waals surface area contributed by atoms with Crippen molar-refractivity contribution in [1.82, 2.24) is 25.5 Å². The number of halogens is 1. The van der Waals surface area contributed by atoms with Gasteiger partial charge < -0.3 is 15.2 Å². The van der Waals surface area contributed by atoms with E-state index in [0.717, 1.165) is 17.0 Å². The van der Waals surface area contributed by atoms with E-state index in [1.807, 2.05) is 36.4 Å². The van der Waals surface area contributed by atoms with E-state index in [1.165, 1.54) is 5.56 Å². The number of hydrogen-bond acceptors (Lipinski definition) is 6. The zero-order valence-corrected chi connectivity index (χ0v) is 17.7. The third-order valence-corrected chi connectivity index (χ3v) is 4.66. The van der Waals surface area contributed by atoms with Crippen molar-refractivity contribution in [1.29, 1.82) is 0 Å². The number of aliphatic hydroxyl groups is 1. The molecule has 0 aliphatic rings. The Kier molecular flexibility index (Phi) is 8.57. The largest absolute Gasteiger partial charge is 0.491 e. The zero-order valence-electron chi connectivity index (χ0n) is 16.9. The molecule has 2 aromatic carbocycles. The lowest BCUT2D eigenvalue weighted by atomic mass is 10.0. The van der Waals surface area contributed by atoms with Gasteiger partial charge in [0.1, 0.15) is 24.8 Å². The Labute approximate surface area is 177 Å². The van der Waals surface area contributed by atoms with Crippen LogP contribution in [0.3, 0.4) is 0 Å². The Bertz CT molecular complexity index is 839. The van der Waals surface area contributed by atoms with Gasteiger partial charge in [-0.3, -0.25) is 0 Å². The molecule has 1 aromatic heterocycles. The molecule has 3 aromatic rings. The van der Waals surface area contributed by atoms with Gasteiger partial charge in [0.15, 0.2) is 0 Å². The van der Waals surface area contributed by atoms with E-state index in [0.29, 0.717) is 12.5 Å². The number of ether oxygens (including phenoxy) is 1. The quantitative estimate of drug-likeness (QED) is 0.555. The van der Waals surface area contributed by atoms with Gasteiger partial charge in [0.25, 0.3) is 0 Å². The van der Waals surface area contributed by atoms with Crippen LogP contribution in [-0.4, -0.2) is 44.6 Å². The molecule has 29 heavy (non-hydrogen) atoms. The van der Waals surface area contributed by atoms with Crippen molar-refractivity contribution >= 4 is 12.4 Å². The van der Waals surface area contributed by atoms with Gasteiger partial charge in [0.05, 0.1) is 5.69 Å². The SMILES string of the molecule is CC(C)c1ccc(OCC(O)CNC(C)c2ccc(-n3cnnn3)cc2)cc1.Cl. The number of tetrazole rings is 1. The lowest BCUT2D eigenvalue weighted by molar-refractivity contribution is 0.104. The molecule has 2 unspecified atom stereocenters. The van der Waals surface area contributed by atoms with Crippen LogP contribution in [0, 0.1) is 0 Å². The highest BCUT2D eigenvalue weighted by molar-refractivity contribution is 5.85. The molecule has 2 N–H and O–H groups in total. The van der Waals surface area contributed by atoms with Crippen LogP contribution in [-0.2, 0) is 0 Å². The first-order chi connectivity index (χ1) is 13.5. The van der Waals surface area contributed by atoms with Gasteiger partial charge in [-0.1, -0.05) is 38.1 Å². The average molecular weight is 418 g/mol. The maximum Gasteiger partial charge on any atom is 0.143 e. The number of hydrogen-bond donors (Lipinski definition) is 2. The van der Waals surface area contributed by atoms with Crippen molar-refractivity contribution in [3.05, 3.63) is 66.0 Å². The molecule has 0 aliphatic carbocycles. The molecule has 0 fully saturated rings. The second-order valence-electron chi connectivity index (χ2n) is 7.16. The molecule has 2 atom stereocenters. The lowest BCUT2D eigenvalue weighted by Crippen LogP contribution is -2.33. The first-order valence-electron chi connectivity index (χ1n) is 9.50. The Morgan fingerprint density at radius 3 is 2.24 bits per heavy atom. The van der Waals surface area contributed by atoms with Gasteiger partial charge in [-0.2, -0.15) is 0 Å². The molecule has 3 rings (SSSR count). The molecule has 1 heterocycles. The summed E-state index contributed by atoms with van der Waals surface area (Å²) < 4.78 is 7.29. The zero-order chi connectivity index (χ0) is 19.9. The fraction of sp³-hybridized carbons (Fsp3) is 0.381. The van der Waals surface area contributed by atoms with E-state index in [1.54, 1.807) is 11.0 Å². The van der Waals surface area contributed by atoms with Gasteiger partial charge >= 0.3 is 0 Å². The molecule has 156 valence electrons. The fourth-order valence-electron chi connectivity index (χ4n) is 2.83. The molecular weight excluding hydrogens is 390 g/mol. The minimum atomic E-state index is -0.590. The lowest BCUT2D eigenvalue weighted by Gasteiger charge is -2.18. The highest BCUT2D eigenvalue weighted by atomic mass is 35.5. The number of nitrogens with zero attached hydrogens (tertiary/aromatic N) is 4. The summed E-state index contributed by atoms with van der Waals surface area (Å²) >= 11 is 0. The van der Waals surface area contributed by atoms with Gasteiger partial charge in [-0.15, -0.1) is 17.5 Å². The molecule has 0 aliphatic heterocycles. The number of benzene rings is 2. The van der Waals surface area contributed by atoms with Gasteiger partial charge in [0, 0.05) is 12.6 Å². The smallest absolute Gasteiger partial charge is 0.143 e. The monoisotopic (exact) mass is 417 g/mol. The summed E-state index contributed by atoms with van der Waals surface area (Å²) in [6.07, 6.45) is 0.969. The van der Waals surface area contributed by atoms with E-state index in [2.05, 4.69) is 53.7 Å². The predicted octanol–water partition coefficient (Wildman–Crippen LogP) is 3.30. The van der Waals surface area contributed by atoms with Crippen LogP contribution in [0.2, 0.25) is 0 Å². The van der Waals surface area contributed by atoms with Crippen LogP contribution < -0.4 is 10.1 Å². The third-order valence-electron chi connectivity index (χ3n) is 4.66. The minimum Gasteiger partial charge on any atom is -0.491 e. The topological polar surface area (TPSA) is 85.1 Å². The standard InChI is InChI=1S/C21H27N5O2.ClH/c1-15(2)17-6-10-21(11-7-17)28-13-20(27)12-22-16(3)18-4-8-19(9-5-18)26-14-23-24-25-26;/h4-11,14-16,20,22,27H,12-13H2,1-3H3;1H. The van der Waals surface area contributed by atoms with Crippen LogP contribution in [0.1, 0.15) is 43.9 Å². The van der Waals surface area contributed by atoms with Crippen molar-refractivity contribution in [2.45, 2.75) is 38.8 Å². The molecule has 0 amide bonds. The molecule has 0 saturated heterocycles.